The topological polar surface area (TPSA) is 12.0 Å². The van der Waals surface area contributed by atoms with Crippen molar-refractivity contribution in [2.45, 2.75) is 58.0 Å². The summed E-state index contributed by atoms with van der Waals surface area (Å²) in [5, 5.41) is 3.77. The summed E-state index contributed by atoms with van der Waals surface area (Å²) < 4.78 is 0. The molecule has 1 rings (SSSR count). The minimum Gasteiger partial charge on any atom is -0.311 e. The Morgan fingerprint density at radius 3 is 2.86 bits per heavy atom. The second-order valence-electron chi connectivity index (χ2n) is 4.82. The van der Waals surface area contributed by atoms with Crippen molar-refractivity contribution in [3.8, 4) is 0 Å². The SMILES string of the molecule is CSCCC(C)NC1CCCC(C)C1. The van der Waals surface area contributed by atoms with Crippen LogP contribution in [0.25, 0.3) is 0 Å². The summed E-state index contributed by atoms with van der Waals surface area (Å²) in [5.41, 5.74) is 0. The van der Waals surface area contributed by atoms with E-state index in [9.17, 15) is 0 Å². The Bertz CT molecular complexity index is 149. The molecule has 1 N–H and O–H groups in total. The Morgan fingerprint density at radius 2 is 2.21 bits per heavy atom. The van der Waals surface area contributed by atoms with Crippen LogP contribution in [0.3, 0.4) is 0 Å². The molecule has 0 aliphatic heterocycles. The Kier molecular flexibility index (Phi) is 5.95. The number of hydrogen-bond donors (Lipinski definition) is 1. The van der Waals surface area contributed by atoms with E-state index in [1.54, 1.807) is 0 Å². The van der Waals surface area contributed by atoms with E-state index in [1.807, 2.05) is 11.8 Å². The van der Waals surface area contributed by atoms with E-state index >= 15 is 0 Å². The van der Waals surface area contributed by atoms with Gasteiger partial charge in [-0.3, -0.25) is 0 Å². The van der Waals surface area contributed by atoms with Crippen LogP contribution in [-0.2, 0) is 0 Å². The third-order valence-corrected chi connectivity index (χ3v) is 3.86. The van der Waals surface area contributed by atoms with Crippen molar-refractivity contribution < 1.29 is 0 Å². The first-order valence-corrected chi connectivity index (χ1v) is 7.36. The summed E-state index contributed by atoms with van der Waals surface area (Å²) in [5.74, 6) is 2.23. The first kappa shape index (κ1) is 12.4. The molecule has 3 unspecified atom stereocenters. The molecule has 0 heterocycles. The molecular formula is C12H25NS. The zero-order chi connectivity index (χ0) is 10.4. The fourth-order valence-corrected chi connectivity index (χ4v) is 2.96. The van der Waals surface area contributed by atoms with E-state index in [0.29, 0.717) is 6.04 Å². The highest BCUT2D eigenvalue weighted by atomic mass is 32.2. The standard InChI is InChI=1S/C12H25NS/c1-10-5-4-6-12(9-10)13-11(2)7-8-14-3/h10-13H,4-9H2,1-3H3. The zero-order valence-electron chi connectivity index (χ0n) is 9.88. The van der Waals surface area contributed by atoms with Crippen LogP contribution in [0.1, 0.15) is 46.0 Å². The monoisotopic (exact) mass is 215 g/mol. The van der Waals surface area contributed by atoms with Gasteiger partial charge >= 0.3 is 0 Å². The Morgan fingerprint density at radius 1 is 1.43 bits per heavy atom. The minimum atomic E-state index is 0.706. The van der Waals surface area contributed by atoms with Gasteiger partial charge in [-0.25, -0.2) is 0 Å². The Balaban J connectivity index is 2.15. The van der Waals surface area contributed by atoms with Gasteiger partial charge in [-0.2, -0.15) is 11.8 Å². The molecule has 0 radical (unpaired) electrons. The second-order valence-corrected chi connectivity index (χ2v) is 5.80. The molecule has 0 saturated heterocycles. The van der Waals surface area contributed by atoms with Gasteiger partial charge in [0.05, 0.1) is 0 Å². The Labute approximate surface area is 93.4 Å². The maximum absolute atomic E-state index is 3.77. The molecule has 1 fully saturated rings. The molecule has 0 aromatic carbocycles. The van der Waals surface area contributed by atoms with Crippen molar-refractivity contribution >= 4 is 11.8 Å². The first-order valence-electron chi connectivity index (χ1n) is 5.97. The van der Waals surface area contributed by atoms with Gasteiger partial charge in [0.15, 0.2) is 0 Å². The van der Waals surface area contributed by atoms with Crippen molar-refractivity contribution in [3.63, 3.8) is 0 Å². The summed E-state index contributed by atoms with van der Waals surface area (Å²) in [4.78, 5) is 0. The van der Waals surface area contributed by atoms with E-state index in [2.05, 4.69) is 25.4 Å². The van der Waals surface area contributed by atoms with Gasteiger partial charge < -0.3 is 5.32 Å². The molecule has 84 valence electrons. The number of nitrogens with one attached hydrogen (secondary N) is 1. The summed E-state index contributed by atoms with van der Waals surface area (Å²) in [6.45, 7) is 4.72. The highest BCUT2D eigenvalue weighted by molar-refractivity contribution is 7.98. The summed E-state index contributed by atoms with van der Waals surface area (Å²) in [7, 11) is 0. The lowest BCUT2D eigenvalue weighted by Gasteiger charge is -2.30. The van der Waals surface area contributed by atoms with Gasteiger partial charge in [0, 0.05) is 12.1 Å². The number of hydrogen-bond acceptors (Lipinski definition) is 2. The second kappa shape index (κ2) is 6.73. The van der Waals surface area contributed by atoms with Crippen LogP contribution in [0.4, 0.5) is 0 Å². The molecule has 1 aliphatic carbocycles. The zero-order valence-corrected chi connectivity index (χ0v) is 10.7. The van der Waals surface area contributed by atoms with Gasteiger partial charge in [0.2, 0.25) is 0 Å². The average molecular weight is 215 g/mol. The van der Waals surface area contributed by atoms with Gasteiger partial charge in [-0.1, -0.05) is 19.8 Å². The van der Waals surface area contributed by atoms with Gasteiger partial charge in [-0.05, 0) is 44.1 Å². The lowest BCUT2D eigenvalue weighted by Crippen LogP contribution is -2.39. The molecule has 0 bridgehead atoms. The molecule has 2 heteroatoms. The third kappa shape index (κ3) is 4.70. The van der Waals surface area contributed by atoms with Crippen LogP contribution >= 0.6 is 11.8 Å². The van der Waals surface area contributed by atoms with Gasteiger partial charge in [0.25, 0.3) is 0 Å². The summed E-state index contributed by atoms with van der Waals surface area (Å²) in [6, 6.07) is 1.51. The molecular weight excluding hydrogens is 190 g/mol. The summed E-state index contributed by atoms with van der Waals surface area (Å²) >= 11 is 1.95. The van der Waals surface area contributed by atoms with E-state index in [4.69, 9.17) is 0 Å². The van der Waals surface area contributed by atoms with E-state index in [-0.39, 0.29) is 0 Å². The normalized spacial score (nSPS) is 30.2. The molecule has 0 aromatic rings. The number of thioether (sulfide) groups is 1. The molecule has 0 amide bonds. The molecule has 1 aliphatic rings. The first-order chi connectivity index (χ1) is 6.72. The molecule has 0 spiro atoms. The van der Waals surface area contributed by atoms with Crippen LogP contribution in [-0.4, -0.2) is 24.1 Å². The molecule has 1 nitrogen and oxygen atoms in total. The molecule has 0 aromatic heterocycles. The number of rotatable bonds is 5. The Hall–Kier alpha value is 0.310. The highest BCUT2D eigenvalue weighted by Crippen LogP contribution is 2.23. The minimum absolute atomic E-state index is 0.706. The predicted molar refractivity (Wildman–Crippen MR) is 67.0 cm³/mol. The largest absolute Gasteiger partial charge is 0.311 e. The lowest BCUT2D eigenvalue weighted by atomic mass is 9.87. The van der Waals surface area contributed by atoms with E-state index in [0.717, 1.165) is 12.0 Å². The average Bonchev–Trinajstić information content (AvgIpc) is 2.15. The van der Waals surface area contributed by atoms with Crippen molar-refractivity contribution in [3.05, 3.63) is 0 Å². The van der Waals surface area contributed by atoms with Gasteiger partial charge in [-0.15, -0.1) is 0 Å². The van der Waals surface area contributed by atoms with Gasteiger partial charge in [0.1, 0.15) is 0 Å². The highest BCUT2D eigenvalue weighted by Gasteiger charge is 2.19. The van der Waals surface area contributed by atoms with Crippen LogP contribution in [0.2, 0.25) is 0 Å². The molecule has 3 atom stereocenters. The smallest absolute Gasteiger partial charge is 0.00720 e. The van der Waals surface area contributed by atoms with E-state index < -0.39 is 0 Å². The fourth-order valence-electron chi connectivity index (χ4n) is 2.37. The maximum Gasteiger partial charge on any atom is 0.00720 e. The third-order valence-electron chi connectivity index (χ3n) is 3.21. The van der Waals surface area contributed by atoms with Crippen LogP contribution in [0.5, 0.6) is 0 Å². The fraction of sp³-hybridized carbons (Fsp3) is 1.00. The van der Waals surface area contributed by atoms with Crippen LogP contribution in [0.15, 0.2) is 0 Å². The van der Waals surface area contributed by atoms with Crippen molar-refractivity contribution in [1.29, 1.82) is 0 Å². The molecule has 1 saturated carbocycles. The maximum atomic E-state index is 3.77. The van der Waals surface area contributed by atoms with Crippen LogP contribution < -0.4 is 5.32 Å². The van der Waals surface area contributed by atoms with E-state index in [1.165, 1.54) is 37.9 Å². The quantitative estimate of drug-likeness (QED) is 0.755. The van der Waals surface area contributed by atoms with Crippen molar-refractivity contribution in [1.82, 2.24) is 5.32 Å². The predicted octanol–water partition coefficient (Wildman–Crippen LogP) is 3.30. The lowest BCUT2D eigenvalue weighted by molar-refractivity contribution is 0.283. The summed E-state index contributed by atoms with van der Waals surface area (Å²) in [6.07, 6.45) is 9.16. The van der Waals surface area contributed by atoms with Crippen molar-refractivity contribution in [2.24, 2.45) is 5.92 Å². The van der Waals surface area contributed by atoms with Crippen LogP contribution in [0, 0.1) is 5.92 Å². The van der Waals surface area contributed by atoms with Crippen molar-refractivity contribution in [2.75, 3.05) is 12.0 Å². The molecule has 14 heavy (non-hydrogen) atoms.